The van der Waals surface area contributed by atoms with Gasteiger partial charge in [0.15, 0.2) is 0 Å². The molecule has 0 unspecified atom stereocenters. The number of hydrogen-bond acceptors (Lipinski definition) is 1. The van der Waals surface area contributed by atoms with Crippen LogP contribution in [0.1, 0.15) is 50.3 Å². The van der Waals surface area contributed by atoms with E-state index < -0.39 is 0 Å². The lowest BCUT2D eigenvalue weighted by molar-refractivity contribution is 0.667. The molecule has 1 heterocycles. The number of pyridine rings is 1. The summed E-state index contributed by atoms with van der Waals surface area (Å²) in [7, 11) is 0. The van der Waals surface area contributed by atoms with Crippen molar-refractivity contribution in [1.29, 1.82) is 0 Å². The first-order valence-corrected chi connectivity index (χ1v) is 14.3. The number of nitrogens with zero attached hydrogens (tertiary/aromatic N) is 1. The van der Waals surface area contributed by atoms with E-state index in [9.17, 15) is 0 Å². The summed E-state index contributed by atoms with van der Waals surface area (Å²) < 4.78 is 0. The number of aromatic nitrogens is 1. The molecular formula is C39H31N. The predicted molar refractivity (Wildman–Crippen MR) is 171 cm³/mol. The van der Waals surface area contributed by atoms with Gasteiger partial charge in [-0.05, 0) is 83.6 Å². The summed E-state index contributed by atoms with van der Waals surface area (Å²) in [6, 6.07) is 38.5. The molecule has 0 saturated carbocycles. The van der Waals surface area contributed by atoms with Crippen molar-refractivity contribution in [2.24, 2.45) is 0 Å². The Morgan fingerprint density at radius 3 is 2.00 bits per heavy atom. The highest BCUT2D eigenvalue weighted by atomic mass is 14.7. The maximum Gasteiger partial charge on any atom is 0.0708 e. The van der Waals surface area contributed by atoms with Gasteiger partial charge in [0.1, 0.15) is 0 Å². The minimum Gasteiger partial charge on any atom is -0.256 e. The zero-order valence-corrected chi connectivity index (χ0v) is 23.4. The molecule has 40 heavy (non-hydrogen) atoms. The van der Waals surface area contributed by atoms with Crippen LogP contribution in [0.15, 0.2) is 109 Å². The quantitative estimate of drug-likeness (QED) is 0.210. The van der Waals surface area contributed by atoms with Gasteiger partial charge in [-0.25, -0.2) is 0 Å². The summed E-state index contributed by atoms with van der Waals surface area (Å²) in [5.41, 5.74) is 8.94. The van der Waals surface area contributed by atoms with Crippen LogP contribution >= 0.6 is 0 Å². The largest absolute Gasteiger partial charge is 0.256 e. The van der Waals surface area contributed by atoms with E-state index in [0.29, 0.717) is 5.92 Å². The molecule has 0 atom stereocenters. The molecule has 1 heteroatoms. The van der Waals surface area contributed by atoms with E-state index in [2.05, 4.69) is 131 Å². The number of benzene rings is 6. The van der Waals surface area contributed by atoms with Crippen LogP contribution < -0.4 is 0 Å². The molecule has 0 N–H and O–H groups in total. The fourth-order valence-corrected chi connectivity index (χ4v) is 7.15. The lowest BCUT2D eigenvalue weighted by atomic mass is 9.78. The second-order valence-electron chi connectivity index (χ2n) is 12.2. The number of rotatable bonds is 2. The van der Waals surface area contributed by atoms with E-state index in [4.69, 9.17) is 4.98 Å². The summed E-state index contributed by atoms with van der Waals surface area (Å²) in [6.07, 6.45) is 2.02. The molecule has 8 rings (SSSR count). The molecule has 0 aliphatic heterocycles. The van der Waals surface area contributed by atoms with Crippen LogP contribution in [-0.4, -0.2) is 4.98 Å². The number of fused-ring (bicyclic) bond motifs is 11. The van der Waals surface area contributed by atoms with Crippen LogP contribution in [0.2, 0.25) is 0 Å². The molecule has 0 radical (unpaired) electrons. The lowest BCUT2D eigenvalue weighted by Crippen LogP contribution is -2.15. The Kier molecular flexibility index (Phi) is 4.83. The maximum absolute atomic E-state index is 4.89. The van der Waals surface area contributed by atoms with Gasteiger partial charge in [-0.15, -0.1) is 0 Å². The van der Waals surface area contributed by atoms with Crippen LogP contribution in [0.4, 0.5) is 0 Å². The van der Waals surface area contributed by atoms with Crippen molar-refractivity contribution in [1.82, 2.24) is 4.98 Å². The van der Waals surface area contributed by atoms with Crippen LogP contribution in [0.25, 0.3) is 65.5 Å². The molecule has 6 aromatic carbocycles. The zero-order valence-electron chi connectivity index (χ0n) is 23.4. The van der Waals surface area contributed by atoms with Crippen molar-refractivity contribution in [3.8, 4) is 22.4 Å². The molecule has 0 saturated heterocycles. The lowest BCUT2D eigenvalue weighted by Gasteiger charge is -2.24. The Bertz CT molecular complexity index is 2130. The second kappa shape index (κ2) is 8.26. The number of hydrogen-bond donors (Lipinski definition) is 0. The van der Waals surface area contributed by atoms with Crippen LogP contribution in [0.3, 0.4) is 0 Å². The Morgan fingerprint density at radius 1 is 0.600 bits per heavy atom. The smallest absolute Gasteiger partial charge is 0.0708 e. The standard InChI is InChI=1S/C39H31N/c1-23(2)24-13-14-26-22-40-36(21-27(26)19-24)25-15-18-35-34(20-25)33-17-16-32-30-11-6-5-9-28(30)29-10-7-8-12-31(29)37(32)38(33)39(35,3)4/h5-23H,1-4H3. The molecule has 0 spiro atoms. The summed E-state index contributed by atoms with van der Waals surface area (Å²) >= 11 is 0. The third-order valence-corrected chi connectivity index (χ3v) is 9.23. The van der Waals surface area contributed by atoms with Crippen LogP contribution in [0, 0.1) is 0 Å². The van der Waals surface area contributed by atoms with Gasteiger partial charge in [-0.1, -0.05) is 119 Å². The maximum atomic E-state index is 4.89. The highest BCUT2D eigenvalue weighted by molar-refractivity contribution is 6.27. The van der Waals surface area contributed by atoms with Gasteiger partial charge in [0.25, 0.3) is 0 Å². The third kappa shape index (κ3) is 3.18. The summed E-state index contributed by atoms with van der Waals surface area (Å²) in [5, 5.41) is 10.5. The zero-order chi connectivity index (χ0) is 27.2. The van der Waals surface area contributed by atoms with Gasteiger partial charge >= 0.3 is 0 Å². The summed E-state index contributed by atoms with van der Waals surface area (Å²) in [5.74, 6) is 0.503. The topological polar surface area (TPSA) is 12.9 Å². The van der Waals surface area contributed by atoms with Gasteiger partial charge in [0.05, 0.1) is 5.69 Å². The van der Waals surface area contributed by atoms with Crippen molar-refractivity contribution in [2.75, 3.05) is 0 Å². The van der Waals surface area contributed by atoms with E-state index >= 15 is 0 Å². The molecule has 192 valence electrons. The van der Waals surface area contributed by atoms with E-state index in [1.54, 1.807) is 0 Å². The van der Waals surface area contributed by atoms with Crippen molar-refractivity contribution >= 4 is 43.1 Å². The first kappa shape index (κ1) is 23.4. The molecular weight excluding hydrogens is 482 g/mol. The van der Waals surface area contributed by atoms with Gasteiger partial charge in [-0.3, -0.25) is 4.98 Å². The van der Waals surface area contributed by atoms with Gasteiger partial charge < -0.3 is 0 Å². The molecule has 1 aliphatic carbocycles. The van der Waals surface area contributed by atoms with E-state index in [1.807, 2.05) is 6.20 Å². The highest BCUT2D eigenvalue weighted by Crippen LogP contribution is 2.54. The first-order chi connectivity index (χ1) is 19.4. The van der Waals surface area contributed by atoms with Crippen molar-refractivity contribution in [3.05, 3.63) is 126 Å². The summed E-state index contributed by atoms with van der Waals surface area (Å²) in [4.78, 5) is 4.89. The molecule has 1 aliphatic rings. The predicted octanol–water partition coefficient (Wildman–Crippen LogP) is 10.8. The molecule has 7 aromatic rings. The average molecular weight is 514 g/mol. The molecule has 1 aromatic heterocycles. The van der Waals surface area contributed by atoms with E-state index in [-0.39, 0.29) is 5.41 Å². The third-order valence-electron chi connectivity index (χ3n) is 9.23. The first-order valence-electron chi connectivity index (χ1n) is 14.3. The van der Waals surface area contributed by atoms with Gasteiger partial charge in [-0.2, -0.15) is 0 Å². The monoisotopic (exact) mass is 513 g/mol. The molecule has 0 amide bonds. The second-order valence-corrected chi connectivity index (χ2v) is 12.2. The van der Waals surface area contributed by atoms with Gasteiger partial charge in [0, 0.05) is 22.6 Å². The van der Waals surface area contributed by atoms with Crippen molar-refractivity contribution in [2.45, 2.75) is 39.0 Å². The minimum absolute atomic E-state index is 0.114. The highest BCUT2D eigenvalue weighted by Gasteiger charge is 2.37. The Hall–Kier alpha value is -4.49. The van der Waals surface area contributed by atoms with Crippen molar-refractivity contribution in [3.63, 3.8) is 0 Å². The van der Waals surface area contributed by atoms with Crippen molar-refractivity contribution < 1.29 is 0 Å². The Morgan fingerprint density at radius 2 is 1.27 bits per heavy atom. The normalized spacial score (nSPS) is 13.9. The Labute approximate surface area is 235 Å². The SMILES string of the molecule is CC(C)c1ccc2cnc(-c3ccc4c(c3)-c3ccc5c6ccccc6c6ccccc6c5c3C4(C)C)cc2c1. The minimum atomic E-state index is -0.114. The fourth-order valence-electron chi connectivity index (χ4n) is 7.15. The Balaban J connectivity index is 1.39. The molecule has 1 nitrogen and oxygen atoms in total. The van der Waals surface area contributed by atoms with Gasteiger partial charge in [0.2, 0.25) is 0 Å². The van der Waals surface area contributed by atoms with E-state index in [0.717, 1.165) is 5.69 Å². The fraction of sp³-hybridized carbons (Fsp3) is 0.154. The molecule has 0 fully saturated rings. The molecule has 0 bridgehead atoms. The van der Waals surface area contributed by atoms with E-state index in [1.165, 1.54) is 76.5 Å². The average Bonchev–Trinajstić information content (AvgIpc) is 3.22. The summed E-state index contributed by atoms with van der Waals surface area (Å²) in [6.45, 7) is 9.28. The van der Waals surface area contributed by atoms with Crippen LogP contribution in [0.5, 0.6) is 0 Å². The van der Waals surface area contributed by atoms with Crippen LogP contribution in [-0.2, 0) is 5.41 Å².